The molecule has 0 aliphatic heterocycles. The number of primary amides is 1. The lowest BCUT2D eigenvalue weighted by molar-refractivity contribution is -0.147. The van der Waals surface area contributed by atoms with Crippen LogP contribution in [0.15, 0.2) is 47.2 Å². The van der Waals surface area contributed by atoms with Gasteiger partial charge in [-0.05, 0) is 72.9 Å². The van der Waals surface area contributed by atoms with Crippen molar-refractivity contribution in [3.05, 3.63) is 63.9 Å². The normalized spacial score (nSPS) is 23.4. The van der Waals surface area contributed by atoms with Gasteiger partial charge >= 0.3 is 0 Å². The average Bonchev–Trinajstić information content (AvgIpc) is 2.93. The highest BCUT2D eigenvalue weighted by Crippen LogP contribution is 2.53. The first-order valence-corrected chi connectivity index (χ1v) is 13.4. The molecule has 1 fully saturated rings. The molecule has 6 N–H and O–H groups in total. The van der Waals surface area contributed by atoms with Gasteiger partial charge < -0.3 is 30.9 Å². The number of aliphatic hydroxyl groups is 3. The van der Waals surface area contributed by atoms with Gasteiger partial charge in [0.15, 0.2) is 11.4 Å². The van der Waals surface area contributed by atoms with E-state index in [2.05, 4.69) is 6.07 Å². The zero-order chi connectivity index (χ0) is 29.6. The van der Waals surface area contributed by atoms with Gasteiger partial charge in [-0.3, -0.25) is 14.4 Å². The van der Waals surface area contributed by atoms with E-state index in [-0.39, 0.29) is 36.1 Å². The SMILES string of the molecule is COc1ccc(CCCCC#N)cc1-c1ccc(O)c2c1C[C@H]1C[C@H]3CC(=O)C(C(N)=O)=C(O)[C@@]3(O)C(=O)C1=C2O. The second kappa shape index (κ2) is 10.4. The number of phenols is 1. The Morgan fingerprint density at radius 1 is 1.12 bits per heavy atom. The number of amides is 1. The van der Waals surface area contributed by atoms with Gasteiger partial charge in [-0.1, -0.05) is 12.1 Å². The molecule has 1 saturated carbocycles. The smallest absolute Gasteiger partial charge is 0.255 e. The van der Waals surface area contributed by atoms with E-state index in [1.807, 2.05) is 18.2 Å². The number of nitrogens with two attached hydrogens (primary N) is 1. The highest BCUT2D eigenvalue weighted by atomic mass is 16.5. The van der Waals surface area contributed by atoms with E-state index in [0.717, 1.165) is 30.4 Å². The maximum atomic E-state index is 13.7. The maximum absolute atomic E-state index is 13.7. The predicted molar refractivity (Wildman–Crippen MR) is 147 cm³/mol. The quantitative estimate of drug-likeness (QED) is 0.250. The summed E-state index contributed by atoms with van der Waals surface area (Å²) in [6.45, 7) is 0. The Bertz CT molecular complexity index is 1600. The number of hydrogen-bond donors (Lipinski definition) is 5. The summed E-state index contributed by atoms with van der Waals surface area (Å²) in [6, 6.07) is 11.0. The maximum Gasteiger partial charge on any atom is 0.255 e. The van der Waals surface area contributed by atoms with E-state index in [1.165, 1.54) is 13.2 Å². The molecule has 0 spiro atoms. The number of carbonyl (C=O) groups is 3. The van der Waals surface area contributed by atoms with Crippen molar-refractivity contribution in [2.75, 3.05) is 7.11 Å². The number of Topliss-reactive ketones (excluding diaryl/α,β-unsaturated/α-hetero) is 2. The van der Waals surface area contributed by atoms with Crippen LogP contribution >= 0.6 is 0 Å². The predicted octanol–water partition coefficient (Wildman–Crippen LogP) is 3.34. The molecule has 3 atom stereocenters. The minimum Gasteiger partial charge on any atom is -0.508 e. The number of methoxy groups -OCH3 is 1. The Kier molecular flexibility index (Phi) is 7.09. The average molecular weight is 559 g/mol. The topological polar surface area (TPSA) is 191 Å². The van der Waals surface area contributed by atoms with Crippen molar-refractivity contribution in [1.29, 1.82) is 5.26 Å². The van der Waals surface area contributed by atoms with E-state index in [0.29, 0.717) is 23.3 Å². The van der Waals surface area contributed by atoms with Crippen molar-refractivity contribution < 1.29 is 39.5 Å². The van der Waals surface area contributed by atoms with Crippen molar-refractivity contribution >= 4 is 23.2 Å². The Hall–Kier alpha value is -4.62. The second-order valence-electron chi connectivity index (χ2n) is 10.8. The lowest BCUT2D eigenvalue weighted by atomic mass is 9.59. The van der Waals surface area contributed by atoms with Gasteiger partial charge in [0, 0.05) is 29.9 Å². The van der Waals surface area contributed by atoms with Crippen molar-refractivity contribution in [1.82, 2.24) is 0 Å². The van der Waals surface area contributed by atoms with Crippen molar-refractivity contribution in [3.8, 4) is 28.7 Å². The van der Waals surface area contributed by atoms with Crippen molar-refractivity contribution in [2.24, 2.45) is 17.6 Å². The molecule has 1 amide bonds. The summed E-state index contributed by atoms with van der Waals surface area (Å²) in [5, 5.41) is 53.2. The largest absolute Gasteiger partial charge is 0.508 e. The molecule has 5 rings (SSSR count). The Balaban J connectivity index is 1.63. The summed E-state index contributed by atoms with van der Waals surface area (Å²) in [4.78, 5) is 38.2. The third kappa shape index (κ3) is 4.33. The number of benzene rings is 2. The molecular formula is C31H30N2O8. The molecule has 2 aromatic carbocycles. The van der Waals surface area contributed by atoms with Gasteiger partial charge in [0.25, 0.3) is 5.91 Å². The van der Waals surface area contributed by atoms with Crippen LogP contribution in [0.25, 0.3) is 16.9 Å². The molecule has 3 aliphatic rings. The number of aromatic hydroxyl groups is 1. The number of carbonyl (C=O) groups excluding carboxylic acids is 3. The van der Waals surface area contributed by atoms with Crippen LogP contribution < -0.4 is 10.5 Å². The molecule has 0 bridgehead atoms. The van der Waals surface area contributed by atoms with Crippen LogP contribution in [-0.4, -0.2) is 50.6 Å². The van der Waals surface area contributed by atoms with Gasteiger partial charge in [-0.2, -0.15) is 5.26 Å². The molecule has 10 nitrogen and oxygen atoms in total. The third-order valence-electron chi connectivity index (χ3n) is 8.51. The standard InChI is InChI=1S/C31H30N2O8/c1-41-23-9-6-15(5-3-2-4-10-32)11-19(23)18-7-8-21(34)25-20(18)13-16-12-17-14-22(35)26(30(33)39)29(38)31(17,40)28(37)24(16)27(25)36/h6-9,11,16-17,34,36,38,40H,2-5,12-14H2,1H3,(H2,33,39)/t16-,17+,31+/m1/s1. The minimum atomic E-state index is -2.61. The molecule has 0 radical (unpaired) electrons. The van der Waals surface area contributed by atoms with E-state index < -0.39 is 52.0 Å². The molecular weight excluding hydrogens is 528 g/mol. The van der Waals surface area contributed by atoms with Gasteiger partial charge in [0.1, 0.15) is 28.6 Å². The molecule has 0 saturated heterocycles. The number of fused-ring (bicyclic) bond motifs is 3. The van der Waals surface area contributed by atoms with Crippen LogP contribution in [0.5, 0.6) is 11.5 Å². The van der Waals surface area contributed by atoms with Crippen LogP contribution in [0.3, 0.4) is 0 Å². The van der Waals surface area contributed by atoms with E-state index in [4.69, 9.17) is 15.7 Å². The van der Waals surface area contributed by atoms with Crippen LogP contribution in [0, 0.1) is 23.2 Å². The molecule has 0 heterocycles. The van der Waals surface area contributed by atoms with Crippen LogP contribution in [0.4, 0.5) is 0 Å². The fraction of sp³-hybridized carbons (Fsp3) is 0.355. The summed E-state index contributed by atoms with van der Waals surface area (Å²) in [5.74, 6) is -6.10. The highest BCUT2D eigenvalue weighted by molar-refractivity contribution is 6.22. The van der Waals surface area contributed by atoms with Crippen LogP contribution in [0.1, 0.15) is 48.8 Å². The summed E-state index contributed by atoms with van der Waals surface area (Å²) >= 11 is 0. The monoisotopic (exact) mass is 558 g/mol. The first-order chi connectivity index (χ1) is 19.5. The van der Waals surface area contributed by atoms with Gasteiger partial charge in [0.05, 0.1) is 18.7 Å². The van der Waals surface area contributed by atoms with Crippen LogP contribution in [0.2, 0.25) is 0 Å². The lowest BCUT2D eigenvalue weighted by Crippen LogP contribution is -2.58. The van der Waals surface area contributed by atoms with E-state index in [1.54, 1.807) is 6.07 Å². The van der Waals surface area contributed by atoms with Crippen molar-refractivity contribution in [2.45, 2.75) is 50.5 Å². The zero-order valence-electron chi connectivity index (χ0n) is 22.4. The van der Waals surface area contributed by atoms with E-state index >= 15 is 0 Å². The van der Waals surface area contributed by atoms with Crippen LogP contribution in [-0.2, 0) is 27.2 Å². The summed E-state index contributed by atoms with van der Waals surface area (Å²) in [7, 11) is 1.54. The summed E-state index contributed by atoms with van der Waals surface area (Å²) in [5.41, 5.74) is 4.62. The fourth-order valence-electron chi connectivity index (χ4n) is 6.53. The Labute approximate surface area is 236 Å². The Morgan fingerprint density at radius 3 is 2.56 bits per heavy atom. The zero-order valence-corrected chi connectivity index (χ0v) is 22.4. The second-order valence-corrected chi connectivity index (χ2v) is 10.8. The fourth-order valence-corrected chi connectivity index (χ4v) is 6.53. The first-order valence-electron chi connectivity index (χ1n) is 13.4. The number of rotatable bonds is 7. The molecule has 212 valence electrons. The van der Waals surface area contributed by atoms with Gasteiger partial charge in [-0.15, -0.1) is 0 Å². The summed E-state index contributed by atoms with van der Waals surface area (Å²) in [6.07, 6.45) is 2.67. The van der Waals surface area contributed by atoms with Gasteiger partial charge in [-0.25, -0.2) is 0 Å². The molecule has 3 aliphatic carbocycles. The Morgan fingerprint density at radius 2 is 1.88 bits per heavy atom. The third-order valence-corrected chi connectivity index (χ3v) is 8.51. The van der Waals surface area contributed by atoms with E-state index in [9.17, 15) is 34.8 Å². The molecule has 0 aromatic heterocycles. The molecule has 41 heavy (non-hydrogen) atoms. The highest BCUT2D eigenvalue weighted by Gasteiger charge is 2.60. The number of ketones is 2. The molecule has 0 unspecified atom stereocenters. The summed E-state index contributed by atoms with van der Waals surface area (Å²) < 4.78 is 5.63. The first kappa shape index (κ1) is 27.9. The number of aryl methyl sites for hydroxylation is 1. The number of nitriles is 1. The van der Waals surface area contributed by atoms with Crippen molar-refractivity contribution in [3.63, 3.8) is 0 Å². The number of ether oxygens (including phenoxy) is 1. The number of nitrogens with zero attached hydrogens (tertiary/aromatic N) is 1. The number of phenolic OH excluding ortho intramolecular Hbond substituents is 1. The number of hydrogen-bond acceptors (Lipinski definition) is 9. The number of aliphatic hydroxyl groups excluding tert-OH is 2. The molecule has 10 heteroatoms. The number of unbranched alkanes of at least 4 members (excludes halogenated alkanes) is 2. The minimum absolute atomic E-state index is 0.0242. The van der Waals surface area contributed by atoms with Gasteiger partial charge in [0.2, 0.25) is 5.78 Å². The lowest BCUT2D eigenvalue weighted by Gasteiger charge is -2.46. The molecule has 2 aromatic rings.